The van der Waals surface area contributed by atoms with Gasteiger partial charge in [0, 0.05) is 12.2 Å². The van der Waals surface area contributed by atoms with Crippen LogP contribution < -0.4 is 4.90 Å². The Labute approximate surface area is 100.0 Å². The topological polar surface area (TPSA) is 23.6 Å². The first kappa shape index (κ1) is 10.8. The number of nitrogens with zero attached hydrogens (tertiary/aromatic N) is 2. The molecule has 82 valence electrons. The van der Waals surface area contributed by atoms with Crippen LogP contribution in [0.2, 0.25) is 0 Å². The lowest BCUT2D eigenvalue weighted by molar-refractivity contribution is -0.124. The standard InChI is InChI=1S/C12H12N2OS/c1-2-8-13-11(15)9-14(12(13)16)10-6-4-3-5-7-10/h2-7H,1,8-9H2. The van der Waals surface area contributed by atoms with Crippen LogP contribution in [0.1, 0.15) is 0 Å². The highest BCUT2D eigenvalue weighted by Gasteiger charge is 2.32. The van der Waals surface area contributed by atoms with Crippen LogP contribution in [0.3, 0.4) is 0 Å². The summed E-state index contributed by atoms with van der Waals surface area (Å²) in [7, 11) is 0. The van der Waals surface area contributed by atoms with Crippen LogP contribution in [0.5, 0.6) is 0 Å². The molecule has 0 saturated carbocycles. The zero-order valence-electron chi connectivity index (χ0n) is 8.80. The van der Waals surface area contributed by atoms with Gasteiger partial charge in [-0.1, -0.05) is 24.3 Å². The van der Waals surface area contributed by atoms with Crippen LogP contribution in [0.25, 0.3) is 0 Å². The van der Waals surface area contributed by atoms with Gasteiger partial charge in [0.1, 0.15) is 6.54 Å². The Hall–Kier alpha value is -1.68. The number of para-hydroxylation sites is 1. The van der Waals surface area contributed by atoms with Crippen molar-refractivity contribution >= 4 is 28.9 Å². The van der Waals surface area contributed by atoms with Crippen molar-refractivity contribution in [3.8, 4) is 0 Å². The van der Waals surface area contributed by atoms with E-state index in [-0.39, 0.29) is 5.91 Å². The molecule has 16 heavy (non-hydrogen) atoms. The molecule has 0 aliphatic carbocycles. The fourth-order valence-electron chi connectivity index (χ4n) is 1.66. The Morgan fingerprint density at radius 1 is 1.38 bits per heavy atom. The van der Waals surface area contributed by atoms with Crippen molar-refractivity contribution in [2.75, 3.05) is 18.0 Å². The number of thiocarbonyl (C=S) groups is 1. The summed E-state index contributed by atoms with van der Waals surface area (Å²) in [5.41, 5.74) is 0.951. The van der Waals surface area contributed by atoms with Crippen LogP contribution in [0, 0.1) is 0 Å². The summed E-state index contributed by atoms with van der Waals surface area (Å²) in [6.07, 6.45) is 1.68. The number of rotatable bonds is 3. The van der Waals surface area contributed by atoms with Crippen molar-refractivity contribution in [1.82, 2.24) is 4.90 Å². The Kier molecular flexibility index (Phi) is 3.01. The van der Waals surface area contributed by atoms with E-state index in [0.717, 1.165) is 5.69 Å². The second-order valence-corrected chi connectivity index (χ2v) is 3.86. The average molecular weight is 232 g/mol. The fraction of sp³-hybridized carbons (Fsp3) is 0.167. The van der Waals surface area contributed by atoms with E-state index < -0.39 is 0 Å². The van der Waals surface area contributed by atoms with E-state index in [1.165, 1.54) is 0 Å². The van der Waals surface area contributed by atoms with Gasteiger partial charge in [0.25, 0.3) is 0 Å². The van der Waals surface area contributed by atoms with Gasteiger partial charge in [-0.05, 0) is 24.4 Å². The highest BCUT2D eigenvalue weighted by molar-refractivity contribution is 7.80. The molecule has 1 heterocycles. The molecule has 1 aromatic carbocycles. The minimum Gasteiger partial charge on any atom is -0.309 e. The Morgan fingerprint density at radius 3 is 2.69 bits per heavy atom. The van der Waals surface area contributed by atoms with Gasteiger partial charge in [0.15, 0.2) is 5.11 Å². The van der Waals surface area contributed by atoms with E-state index in [4.69, 9.17) is 12.2 Å². The predicted octanol–water partition coefficient (Wildman–Crippen LogP) is 1.81. The lowest BCUT2D eigenvalue weighted by atomic mass is 10.3. The molecule has 0 unspecified atom stereocenters. The zero-order valence-corrected chi connectivity index (χ0v) is 9.61. The third-order valence-electron chi connectivity index (χ3n) is 2.44. The van der Waals surface area contributed by atoms with E-state index in [1.807, 2.05) is 35.2 Å². The third kappa shape index (κ3) is 1.84. The number of amides is 1. The van der Waals surface area contributed by atoms with Crippen molar-refractivity contribution in [3.05, 3.63) is 43.0 Å². The average Bonchev–Trinajstić information content (AvgIpc) is 2.59. The summed E-state index contributed by atoms with van der Waals surface area (Å²) >= 11 is 5.27. The SMILES string of the molecule is C=CCN1C(=O)CN(c2ccccc2)C1=S. The fourth-order valence-corrected chi connectivity index (χ4v) is 2.01. The number of hydrogen-bond acceptors (Lipinski definition) is 2. The van der Waals surface area contributed by atoms with Gasteiger partial charge in [0.05, 0.1) is 0 Å². The molecule has 2 rings (SSSR count). The largest absolute Gasteiger partial charge is 0.309 e. The summed E-state index contributed by atoms with van der Waals surface area (Å²) in [4.78, 5) is 15.1. The maximum Gasteiger partial charge on any atom is 0.249 e. The Morgan fingerprint density at radius 2 is 2.06 bits per heavy atom. The number of anilines is 1. The minimum atomic E-state index is 0.0220. The molecule has 1 saturated heterocycles. The van der Waals surface area contributed by atoms with E-state index in [0.29, 0.717) is 18.2 Å². The van der Waals surface area contributed by atoms with E-state index in [2.05, 4.69) is 6.58 Å². The van der Waals surface area contributed by atoms with Gasteiger partial charge in [-0.3, -0.25) is 9.69 Å². The maximum absolute atomic E-state index is 11.7. The van der Waals surface area contributed by atoms with Crippen LogP contribution in [0.15, 0.2) is 43.0 Å². The van der Waals surface area contributed by atoms with Gasteiger partial charge >= 0.3 is 0 Å². The molecular weight excluding hydrogens is 220 g/mol. The second kappa shape index (κ2) is 4.45. The number of benzene rings is 1. The molecule has 1 aliphatic rings. The summed E-state index contributed by atoms with van der Waals surface area (Å²) < 4.78 is 0. The molecule has 3 nitrogen and oxygen atoms in total. The van der Waals surface area contributed by atoms with Gasteiger partial charge in [0.2, 0.25) is 5.91 Å². The van der Waals surface area contributed by atoms with Crippen molar-refractivity contribution in [2.24, 2.45) is 0 Å². The molecule has 0 aromatic heterocycles. The van der Waals surface area contributed by atoms with E-state index in [1.54, 1.807) is 11.0 Å². The third-order valence-corrected chi connectivity index (χ3v) is 2.88. The smallest absolute Gasteiger partial charge is 0.249 e. The first-order valence-electron chi connectivity index (χ1n) is 5.02. The maximum atomic E-state index is 11.7. The molecule has 1 aliphatic heterocycles. The quantitative estimate of drug-likeness (QED) is 0.586. The Balaban J connectivity index is 2.24. The summed E-state index contributed by atoms with van der Waals surface area (Å²) in [5, 5.41) is 0.552. The first-order chi connectivity index (χ1) is 7.74. The molecule has 0 atom stereocenters. The Bertz CT molecular complexity index is 430. The van der Waals surface area contributed by atoms with Crippen molar-refractivity contribution in [2.45, 2.75) is 0 Å². The normalized spacial score (nSPS) is 15.8. The predicted molar refractivity (Wildman–Crippen MR) is 68.3 cm³/mol. The molecule has 0 radical (unpaired) electrons. The summed E-state index contributed by atoms with van der Waals surface area (Å²) in [6.45, 7) is 4.41. The van der Waals surface area contributed by atoms with E-state index >= 15 is 0 Å². The summed E-state index contributed by atoms with van der Waals surface area (Å²) in [6, 6.07) is 9.68. The second-order valence-electron chi connectivity index (χ2n) is 3.50. The monoisotopic (exact) mass is 232 g/mol. The highest BCUT2D eigenvalue weighted by Crippen LogP contribution is 2.20. The zero-order chi connectivity index (χ0) is 11.5. The summed E-state index contributed by atoms with van der Waals surface area (Å²) in [5.74, 6) is 0.0220. The minimum absolute atomic E-state index is 0.0220. The molecule has 0 bridgehead atoms. The number of hydrogen-bond donors (Lipinski definition) is 0. The number of carbonyl (C=O) groups is 1. The van der Waals surface area contributed by atoms with Crippen molar-refractivity contribution < 1.29 is 4.79 Å². The molecule has 1 fully saturated rings. The van der Waals surface area contributed by atoms with Gasteiger partial charge < -0.3 is 4.90 Å². The number of carbonyl (C=O) groups excluding carboxylic acids is 1. The molecular formula is C12H12N2OS. The van der Waals surface area contributed by atoms with Gasteiger partial charge in [-0.15, -0.1) is 6.58 Å². The van der Waals surface area contributed by atoms with Crippen LogP contribution in [-0.2, 0) is 4.79 Å². The molecule has 0 N–H and O–H groups in total. The highest BCUT2D eigenvalue weighted by atomic mass is 32.1. The molecule has 4 heteroatoms. The van der Waals surface area contributed by atoms with Crippen LogP contribution >= 0.6 is 12.2 Å². The van der Waals surface area contributed by atoms with Crippen LogP contribution in [-0.4, -0.2) is 29.0 Å². The van der Waals surface area contributed by atoms with Gasteiger partial charge in [-0.25, -0.2) is 0 Å². The lowest BCUT2D eigenvalue weighted by Crippen LogP contribution is -2.32. The first-order valence-corrected chi connectivity index (χ1v) is 5.42. The molecule has 1 aromatic rings. The van der Waals surface area contributed by atoms with Gasteiger partial charge in [-0.2, -0.15) is 0 Å². The van der Waals surface area contributed by atoms with Crippen molar-refractivity contribution in [1.29, 1.82) is 0 Å². The molecule has 1 amide bonds. The lowest BCUT2D eigenvalue weighted by Gasteiger charge is -2.19. The van der Waals surface area contributed by atoms with Crippen LogP contribution in [0.4, 0.5) is 5.69 Å². The van der Waals surface area contributed by atoms with Crippen molar-refractivity contribution in [3.63, 3.8) is 0 Å². The van der Waals surface area contributed by atoms with E-state index in [9.17, 15) is 4.79 Å². The molecule has 0 spiro atoms.